The summed E-state index contributed by atoms with van der Waals surface area (Å²) in [6.07, 6.45) is 3.88. The van der Waals surface area contributed by atoms with Gasteiger partial charge in [-0.25, -0.2) is 0 Å². The van der Waals surface area contributed by atoms with Crippen LogP contribution in [0.4, 0.5) is 0 Å². The molecule has 0 bridgehead atoms. The van der Waals surface area contributed by atoms with Crippen LogP contribution in [0.1, 0.15) is 11.1 Å². The monoisotopic (exact) mass is 282 g/mol. The zero-order valence-electron chi connectivity index (χ0n) is 9.23. The van der Waals surface area contributed by atoms with Crippen LogP contribution in [0.25, 0.3) is 6.08 Å². The molecule has 2 aromatic carbocycles. The topological polar surface area (TPSA) is 0 Å². The Bertz CT molecular complexity index is 554. The number of halogens is 1. The Balaban J connectivity index is 2.04. The molecule has 0 aliphatic carbocycles. The van der Waals surface area contributed by atoms with Crippen molar-refractivity contribution >= 4 is 22.0 Å². The summed E-state index contributed by atoms with van der Waals surface area (Å²) in [5.74, 6) is 6.11. The van der Waals surface area contributed by atoms with Gasteiger partial charge in [-0.1, -0.05) is 58.1 Å². The molecule has 0 nitrogen and oxygen atoms in total. The van der Waals surface area contributed by atoms with Crippen LogP contribution < -0.4 is 0 Å². The van der Waals surface area contributed by atoms with Gasteiger partial charge >= 0.3 is 0 Å². The molecule has 0 unspecified atom stereocenters. The van der Waals surface area contributed by atoms with Gasteiger partial charge in [0.05, 0.1) is 0 Å². The lowest BCUT2D eigenvalue weighted by Gasteiger charge is -1.89. The van der Waals surface area contributed by atoms with Gasteiger partial charge in [0.15, 0.2) is 0 Å². The Morgan fingerprint density at radius 3 is 2.29 bits per heavy atom. The van der Waals surface area contributed by atoms with Crippen molar-refractivity contribution < 1.29 is 0 Å². The van der Waals surface area contributed by atoms with E-state index in [-0.39, 0.29) is 0 Å². The van der Waals surface area contributed by atoms with Crippen molar-refractivity contribution in [2.24, 2.45) is 0 Å². The minimum Gasteiger partial charge on any atom is -0.0696 e. The van der Waals surface area contributed by atoms with Gasteiger partial charge in [0.25, 0.3) is 0 Å². The molecule has 2 aromatic rings. The fourth-order valence-electron chi connectivity index (χ4n) is 1.36. The first-order chi connectivity index (χ1) is 8.34. The van der Waals surface area contributed by atoms with Gasteiger partial charge in [0.2, 0.25) is 0 Å². The maximum atomic E-state index is 3.40. The molecule has 0 saturated carbocycles. The van der Waals surface area contributed by atoms with E-state index in [2.05, 4.69) is 39.9 Å². The fourth-order valence-corrected chi connectivity index (χ4v) is 1.62. The van der Waals surface area contributed by atoms with Gasteiger partial charge in [-0.3, -0.25) is 0 Å². The molecule has 0 amide bonds. The number of allylic oxidation sites excluding steroid dienone is 1. The van der Waals surface area contributed by atoms with E-state index in [9.17, 15) is 0 Å². The standard InChI is InChI=1S/C16H11Br/c17-16-12-10-15(11-13-16)9-5-4-8-14-6-2-1-3-7-14/h1-4,6-8,10-13H/b8-4-. The normalized spacial score (nSPS) is 9.94. The summed E-state index contributed by atoms with van der Waals surface area (Å²) >= 11 is 3.40. The summed E-state index contributed by atoms with van der Waals surface area (Å²) in [6.45, 7) is 0. The van der Waals surface area contributed by atoms with Crippen molar-refractivity contribution in [2.75, 3.05) is 0 Å². The molecular formula is C16H11Br. The van der Waals surface area contributed by atoms with Crippen molar-refractivity contribution in [1.82, 2.24) is 0 Å². The quantitative estimate of drug-likeness (QED) is 0.675. The first-order valence-corrected chi connectivity index (χ1v) is 6.12. The molecule has 1 heteroatoms. The number of hydrogen-bond acceptors (Lipinski definition) is 0. The molecule has 0 saturated heterocycles. The molecule has 0 fully saturated rings. The van der Waals surface area contributed by atoms with Crippen LogP contribution >= 0.6 is 15.9 Å². The average molecular weight is 283 g/mol. The Labute approximate surface area is 110 Å². The van der Waals surface area contributed by atoms with Gasteiger partial charge in [0.1, 0.15) is 0 Å². The van der Waals surface area contributed by atoms with Crippen LogP contribution in [-0.4, -0.2) is 0 Å². The van der Waals surface area contributed by atoms with E-state index in [1.807, 2.05) is 54.6 Å². The highest BCUT2D eigenvalue weighted by Crippen LogP contribution is 2.09. The lowest BCUT2D eigenvalue weighted by Crippen LogP contribution is -1.71. The molecule has 0 radical (unpaired) electrons. The van der Waals surface area contributed by atoms with E-state index in [1.165, 1.54) is 0 Å². The second-order valence-corrected chi connectivity index (χ2v) is 4.44. The average Bonchev–Trinajstić information content (AvgIpc) is 2.38. The molecule has 0 atom stereocenters. The highest BCUT2D eigenvalue weighted by Gasteiger charge is 1.85. The Kier molecular flexibility index (Phi) is 4.18. The molecule has 0 aliphatic heterocycles. The van der Waals surface area contributed by atoms with Crippen molar-refractivity contribution in [3.05, 3.63) is 76.3 Å². The van der Waals surface area contributed by atoms with Gasteiger partial charge in [-0.15, -0.1) is 0 Å². The van der Waals surface area contributed by atoms with E-state index in [1.54, 1.807) is 0 Å². The first kappa shape index (κ1) is 11.7. The fraction of sp³-hybridized carbons (Fsp3) is 0. The van der Waals surface area contributed by atoms with Crippen molar-refractivity contribution in [3.8, 4) is 11.8 Å². The summed E-state index contributed by atoms with van der Waals surface area (Å²) in [5.41, 5.74) is 2.18. The van der Waals surface area contributed by atoms with Gasteiger partial charge < -0.3 is 0 Å². The van der Waals surface area contributed by atoms with E-state index in [0.717, 1.165) is 15.6 Å². The summed E-state index contributed by atoms with van der Waals surface area (Å²) < 4.78 is 1.07. The third kappa shape index (κ3) is 3.94. The highest BCUT2D eigenvalue weighted by molar-refractivity contribution is 9.10. The van der Waals surface area contributed by atoms with Crippen LogP contribution in [0.2, 0.25) is 0 Å². The minimum absolute atomic E-state index is 1.02. The first-order valence-electron chi connectivity index (χ1n) is 5.33. The van der Waals surface area contributed by atoms with Crippen LogP contribution in [0.3, 0.4) is 0 Å². The molecule has 17 heavy (non-hydrogen) atoms. The maximum Gasteiger partial charge on any atom is 0.0249 e. The summed E-state index contributed by atoms with van der Waals surface area (Å²) in [6, 6.07) is 18.1. The molecule has 0 aliphatic rings. The molecule has 0 N–H and O–H groups in total. The third-order valence-electron chi connectivity index (χ3n) is 2.22. The maximum absolute atomic E-state index is 3.40. The van der Waals surface area contributed by atoms with E-state index < -0.39 is 0 Å². The SMILES string of the molecule is Brc1ccc(C#C/C=C\c2ccccc2)cc1. The smallest absolute Gasteiger partial charge is 0.0249 e. The van der Waals surface area contributed by atoms with Crippen LogP contribution in [0.15, 0.2) is 65.1 Å². The molecule has 0 heterocycles. The Hall–Kier alpha value is -1.78. The predicted octanol–water partition coefficient (Wildman–Crippen LogP) is 4.51. The zero-order valence-corrected chi connectivity index (χ0v) is 10.8. The number of benzene rings is 2. The largest absolute Gasteiger partial charge is 0.0696 e. The van der Waals surface area contributed by atoms with Crippen LogP contribution in [-0.2, 0) is 0 Å². The van der Waals surface area contributed by atoms with E-state index in [4.69, 9.17) is 0 Å². The highest BCUT2D eigenvalue weighted by atomic mass is 79.9. The Morgan fingerprint density at radius 2 is 1.59 bits per heavy atom. The summed E-state index contributed by atoms with van der Waals surface area (Å²) in [5, 5.41) is 0. The molecule has 0 spiro atoms. The minimum atomic E-state index is 1.02. The molecule has 2 rings (SSSR count). The second kappa shape index (κ2) is 6.08. The van der Waals surface area contributed by atoms with Gasteiger partial charge in [-0.05, 0) is 42.0 Å². The molecule has 0 aromatic heterocycles. The summed E-state index contributed by atoms with van der Waals surface area (Å²) in [7, 11) is 0. The molecule has 82 valence electrons. The van der Waals surface area contributed by atoms with Crippen LogP contribution in [0.5, 0.6) is 0 Å². The molecular weight excluding hydrogens is 272 g/mol. The number of hydrogen-bond donors (Lipinski definition) is 0. The van der Waals surface area contributed by atoms with Crippen molar-refractivity contribution in [1.29, 1.82) is 0 Å². The third-order valence-corrected chi connectivity index (χ3v) is 2.75. The van der Waals surface area contributed by atoms with Crippen LogP contribution in [0, 0.1) is 11.8 Å². The van der Waals surface area contributed by atoms with E-state index in [0.29, 0.717) is 0 Å². The van der Waals surface area contributed by atoms with Crippen molar-refractivity contribution in [3.63, 3.8) is 0 Å². The summed E-state index contributed by atoms with van der Waals surface area (Å²) in [4.78, 5) is 0. The van der Waals surface area contributed by atoms with Gasteiger partial charge in [-0.2, -0.15) is 0 Å². The van der Waals surface area contributed by atoms with Crippen molar-refractivity contribution in [2.45, 2.75) is 0 Å². The zero-order chi connectivity index (χ0) is 11.9. The second-order valence-electron chi connectivity index (χ2n) is 3.52. The number of rotatable bonds is 1. The lowest BCUT2D eigenvalue weighted by atomic mass is 10.2. The predicted molar refractivity (Wildman–Crippen MR) is 76.5 cm³/mol. The lowest BCUT2D eigenvalue weighted by molar-refractivity contribution is 1.60. The Morgan fingerprint density at radius 1 is 0.882 bits per heavy atom. The van der Waals surface area contributed by atoms with Gasteiger partial charge in [0, 0.05) is 10.0 Å². The van der Waals surface area contributed by atoms with E-state index >= 15 is 0 Å².